The molecule has 0 spiro atoms. The Kier molecular flexibility index (Phi) is 7.32. The number of carbonyl (C=O) groups excluding carboxylic acids is 3. The van der Waals surface area contributed by atoms with E-state index in [2.05, 4.69) is 10.7 Å². The Hall–Kier alpha value is -2.83. The van der Waals surface area contributed by atoms with Gasteiger partial charge in [-0.05, 0) is 44.5 Å². The van der Waals surface area contributed by atoms with E-state index in [0.29, 0.717) is 6.61 Å². The van der Waals surface area contributed by atoms with E-state index in [1.165, 1.54) is 6.08 Å². The fourth-order valence-corrected chi connectivity index (χ4v) is 1.56. The van der Waals surface area contributed by atoms with Crippen molar-refractivity contribution in [3.63, 3.8) is 0 Å². The van der Waals surface area contributed by atoms with Crippen molar-refractivity contribution < 1.29 is 19.1 Å². The zero-order chi connectivity index (χ0) is 17.2. The average Bonchev–Trinajstić information content (AvgIpc) is 2.51. The molecule has 7 heteroatoms. The maximum Gasteiger partial charge on any atom is 0.327 e. The van der Waals surface area contributed by atoms with Gasteiger partial charge >= 0.3 is 11.8 Å². The van der Waals surface area contributed by atoms with E-state index in [1.807, 2.05) is 12.3 Å². The Bertz CT molecular complexity index is 579. The van der Waals surface area contributed by atoms with Gasteiger partial charge in [-0.1, -0.05) is 12.1 Å². The van der Waals surface area contributed by atoms with Crippen molar-refractivity contribution in [3.05, 3.63) is 35.9 Å². The predicted octanol–water partition coefficient (Wildman–Crippen LogP) is 0.770. The summed E-state index contributed by atoms with van der Waals surface area (Å²) >= 11 is 0. The molecule has 23 heavy (non-hydrogen) atoms. The zero-order valence-electron chi connectivity index (χ0n) is 13.4. The molecular formula is C16H21N3O4. The highest BCUT2D eigenvalue weighted by Crippen LogP contribution is 2.12. The second-order valence-electron chi connectivity index (χ2n) is 4.91. The average molecular weight is 319 g/mol. The molecule has 3 amide bonds. The van der Waals surface area contributed by atoms with Gasteiger partial charge in [0.1, 0.15) is 5.75 Å². The number of amides is 3. The van der Waals surface area contributed by atoms with Crippen LogP contribution in [0.1, 0.15) is 26.3 Å². The molecule has 0 unspecified atom stereocenters. The summed E-state index contributed by atoms with van der Waals surface area (Å²) in [5.74, 6) is -1.54. The molecule has 1 aromatic carbocycles. The highest BCUT2D eigenvalue weighted by atomic mass is 16.5. The van der Waals surface area contributed by atoms with Crippen molar-refractivity contribution in [1.29, 1.82) is 0 Å². The number of hydrogen-bond acceptors (Lipinski definition) is 4. The van der Waals surface area contributed by atoms with Crippen molar-refractivity contribution in [2.24, 2.45) is 0 Å². The number of hydrazine groups is 1. The smallest absolute Gasteiger partial charge is 0.327 e. The van der Waals surface area contributed by atoms with E-state index >= 15 is 0 Å². The minimum Gasteiger partial charge on any atom is -0.494 e. The molecule has 0 atom stereocenters. The number of hydrogen-bond donors (Lipinski definition) is 3. The maximum atomic E-state index is 11.6. The first-order valence-electron chi connectivity index (χ1n) is 7.24. The van der Waals surface area contributed by atoms with Crippen LogP contribution in [0.3, 0.4) is 0 Å². The van der Waals surface area contributed by atoms with Gasteiger partial charge in [-0.25, -0.2) is 0 Å². The van der Waals surface area contributed by atoms with Crippen LogP contribution in [-0.2, 0) is 14.4 Å². The molecular weight excluding hydrogens is 298 g/mol. The van der Waals surface area contributed by atoms with Gasteiger partial charge in [0.25, 0.3) is 5.91 Å². The van der Waals surface area contributed by atoms with Gasteiger partial charge < -0.3 is 10.1 Å². The molecule has 0 heterocycles. The van der Waals surface area contributed by atoms with Crippen LogP contribution < -0.4 is 20.9 Å². The van der Waals surface area contributed by atoms with Gasteiger partial charge in [0, 0.05) is 12.1 Å². The summed E-state index contributed by atoms with van der Waals surface area (Å²) in [6, 6.07) is 7.01. The number of rotatable bonds is 5. The van der Waals surface area contributed by atoms with E-state index < -0.39 is 17.7 Å². The SMILES string of the molecule is CCOc1ccc(/C=C/C(=O)NNC(=O)C(=O)NC(C)C)cc1. The van der Waals surface area contributed by atoms with Crippen LogP contribution in [0.25, 0.3) is 6.08 Å². The normalized spacial score (nSPS) is 10.4. The fourth-order valence-electron chi connectivity index (χ4n) is 1.56. The van der Waals surface area contributed by atoms with Gasteiger partial charge in [-0.2, -0.15) is 0 Å². The van der Waals surface area contributed by atoms with Crippen LogP contribution >= 0.6 is 0 Å². The van der Waals surface area contributed by atoms with Crippen molar-refractivity contribution in [1.82, 2.24) is 16.2 Å². The standard InChI is InChI=1S/C16H21N3O4/c1-4-23-13-8-5-12(6-9-13)7-10-14(20)18-19-16(22)15(21)17-11(2)3/h5-11H,4H2,1-3H3,(H,17,21)(H,18,20)(H,19,22)/b10-7+. The Morgan fingerprint density at radius 3 is 2.30 bits per heavy atom. The molecule has 0 saturated heterocycles. The third-order valence-electron chi connectivity index (χ3n) is 2.54. The summed E-state index contributed by atoms with van der Waals surface area (Å²) in [4.78, 5) is 34.3. The van der Waals surface area contributed by atoms with Crippen molar-refractivity contribution >= 4 is 23.8 Å². The summed E-state index contributed by atoms with van der Waals surface area (Å²) in [6.45, 7) is 5.93. The lowest BCUT2D eigenvalue weighted by Gasteiger charge is -2.08. The Balaban J connectivity index is 2.43. The third kappa shape index (κ3) is 7.12. The molecule has 0 aliphatic rings. The second kappa shape index (κ2) is 9.24. The number of ether oxygens (including phenoxy) is 1. The first kappa shape index (κ1) is 18.2. The zero-order valence-corrected chi connectivity index (χ0v) is 13.4. The predicted molar refractivity (Wildman–Crippen MR) is 86.2 cm³/mol. The lowest BCUT2D eigenvalue weighted by atomic mass is 10.2. The molecule has 0 radical (unpaired) electrons. The topological polar surface area (TPSA) is 96.5 Å². The maximum absolute atomic E-state index is 11.6. The summed E-state index contributed by atoms with van der Waals surface area (Å²) in [7, 11) is 0. The second-order valence-corrected chi connectivity index (χ2v) is 4.91. The van der Waals surface area contributed by atoms with Gasteiger partial charge in [0.05, 0.1) is 6.61 Å². The summed E-state index contributed by atoms with van der Waals surface area (Å²) in [6.07, 6.45) is 2.82. The summed E-state index contributed by atoms with van der Waals surface area (Å²) in [5.41, 5.74) is 4.95. The largest absolute Gasteiger partial charge is 0.494 e. The molecule has 0 fully saturated rings. The van der Waals surface area contributed by atoms with Gasteiger partial charge in [-0.3, -0.25) is 25.2 Å². The van der Waals surface area contributed by atoms with Crippen LogP contribution in [0.15, 0.2) is 30.3 Å². The monoisotopic (exact) mass is 319 g/mol. The Morgan fingerprint density at radius 2 is 1.74 bits per heavy atom. The van der Waals surface area contributed by atoms with Crippen LogP contribution in [0.4, 0.5) is 0 Å². The molecule has 0 aliphatic carbocycles. The molecule has 0 aromatic heterocycles. The molecule has 1 rings (SSSR count). The lowest BCUT2D eigenvalue weighted by Crippen LogP contribution is -2.49. The first-order chi connectivity index (χ1) is 10.9. The molecule has 3 N–H and O–H groups in total. The minimum atomic E-state index is -0.929. The van der Waals surface area contributed by atoms with Crippen molar-refractivity contribution in [3.8, 4) is 5.75 Å². The highest BCUT2D eigenvalue weighted by Gasteiger charge is 2.14. The summed E-state index contributed by atoms with van der Waals surface area (Å²) in [5, 5.41) is 2.41. The van der Waals surface area contributed by atoms with Crippen LogP contribution in [0.5, 0.6) is 5.75 Å². The van der Waals surface area contributed by atoms with Gasteiger partial charge in [0.15, 0.2) is 0 Å². The van der Waals surface area contributed by atoms with Crippen LogP contribution in [0, 0.1) is 0 Å². The lowest BCUT2D eigenvalue weighted by molar-refractivity contribution is -0.140. The van der Waals surface area contributed by atoms with E-state index in [-0.39, 0.29) is 6.04 Å². The Morgan fingerprint density at radius 1 is 1.09 bits per heavy atom. The van der Waals surface area contributed by atoms with E-state index in [4.69, 9.17) is 4.74 Å². The van der Waals surface area contributed by atoms with Gasteiger partial charge in [-0.15, -0.1) is 0 Å². The quantitative estimate of drug-likeness (QED) is 0.424. The molecule has 1 aromatic rings. The van der Waals surface area contributed by atoms with Crippen LogP contribution in [0.2, 0.25) is 0 Å². The van der Waals surface area contributed by atoms with Gasteiger partial charge in [0.2, 0.25) is 0 Å². The van der Waals surface area contributed by atoms with Crippen molar-refractivity contribution in [2.75, 3.05) is 6.61 Å². The third-order valence-corrected chi connectivity index (χ3v) is 2.54. The van der Waals surface area contributed by atoms with E-state index in [9.17, 15) is 14.4 Å². The number of benzene rings is 1. The summed E-state index contributed by atoms with van der Waals surface area (Å²) < 4.78 is 5.31. The fraction of sp³-hybridized carbons (Fsp3) is 0.312. The molecule has 0 aliphatic heterocycles. The molecule has 7 nitrogen and oxygen atoms in total. The van der Waals surface area contributed by atoms with Crippen LogP contribution in [-0.4, -0.2) is 30.4 Å². The minimum absolute atomic E-state index is 0.163. The molecule has 0 bridgehead atoms. The van der Waals surface area contributed by atoms with E-state index in [1.54, 1.807) is 44.2 Å². The number of carbonyl (C=O) groups is 3. The van der Waals surface area contributed by atoms with Crippen molar-refractivity contribution in [2.45, 2.75) is 26.8 Å². The Labute approximate surface area is 135 Å². The first-order valence-corrected chi connectivity index (χ1v) is 7.24. The molecule has 0 saturated carbocycles. The highest BCUT2D eigenvalue weighted by molar-refractivity contribution is 6.35. The molecule has 124 valence electrons. The van der Waals surface area contributed by atoms with E-state index in [0.717, 1.165) is 11.3 Å². The number of nitrogens with one attached hydrogen (secondary N) is 3.